The molecule has 3 rings (SSSR count). The lowest BCUT2D eigenvalue weighted by Gasteiger charge is -2.19. The summed E-state index contributed by atoms with van der Waals surface area (Å²) in [5.41, 5.74) is 6.11. The molecule has 0 atom stereocenters. The number of aromatic nitrogens is 3. The number of primary amides is 1. The summed E-state index contributed by atoms with van der Waals surface area (Å²) in [4.78, 5) is 12.7. The monoisotopic (exact) mass is 345 g/mol. The van der Waals surface area contributed by atoms with Gasteiger partial charge in [-0.15, -0.1) is 5.10 Å². The lowest BCUT2D eigenvalue weighted by molar-refractivity contribution is -0.117. The Balaban J connectivity index is 1.65. The Labute approximate surface area is 143 Å². The van der Waals surface area contributed by atoms with Crippen molar-refractivity contribution in [2.24, 2.45) is 5.73 Å². The number of carbonyl (C=O) groups excluding carboxylic acids is 1. The average molecular weight is 345 g/mol. The summed E-state index contributed by atoms with van der Waals surface area (Å²) in [5.74, 6) is -0.993. The van der Waals surface area contributed by atoms with Gasteiger partial charge in [-0.3, -0.25) is 4.79 Å². The van der Waals surface area contributed by atoms with Crippen LogP contribution in [0.4, 0.5) is 14.6 Å². The van der Waals surface area contributed by atoms with Gasteiger partial charge in [-0.1, -0.05) is 17.4 Å². The van der Waals surface area contributed by atoms with Gasteiger partial charge in [0.15, 0.2) is 5.82 Å². The van der Waals surface area contributed by atoms with Gasteiger partial charge in [-0.25, -0.2) is 13.5 Å². The third kappa shape index (κ3) is 4.09. The molecule has 0 saturated heterocycles. The van der Waals surface area contributed by atoms with Gasteiger partial charge in [-0.05, 0) is 30.2 Å². The van der Waals surface area contributed by atoms with Crippen molar-refractivity contribution in [1.29, 1.82) is 0 Å². The molecule has 1 aliphatic rings. The molecule has 0 radical (unpaired) electrons. The van der Waals surface area contributed by atoms with Crippen LogP contribution in [-0.2, 0) is 11.3 Å². The van der Waals surface area contributed by atoms with Gasteiger partial charge in [0, 0.05) is 24.7 Å². The van der Waals surface area contributed by atoms with Crippen molar-refractivity contribution in [3.05, 3.63) is 65.5 Å². The van der Waals surface area contributed by atoms with Crippen molar-refractivity contribution >= 4 is 11.7 Å². The first kappa shape index (κ1) is 16.8. The van der Waals surface area contributed by atoms with Crippen LogP contribution < -0.4 is 10.6 Å². The van der Waals surface area contributed by atoms with E-state index < -0.39 is 11.6 Å². The van der Waals surface area contributed by atoms with E-state index in [-0.39, 0.29) is 18.0 Å². The Morgan fingerprint density at radius 2 is 2.04 bits per heavy atom. The van der Waals surface area contributed by atoms with Crippen molar-refractivity contribution in [3.63, 3.8) is 0 Å². The highest BCUT2D eigenvalue weighted by molar-refractivity contribution is 5.74. The van der Waals surface area contributed by atoms with E-state index in [0.717, 1.165) is 5.57 Å². The quantitative estimate of drug-likeness (QED) is 0.870. The molecule has 25 heavy (non-hydrogen) atoms. The average Bonchev–Trinajstić information content (AvgIpc) is 3.05. The number of carbonyl (C=O) groups is 1. The first-order chi connectivity index (χ1) is 12.0. The number of nitrogens with two attached hydrogens (primary N) is 1. The molecular weight excluding hydrogens is 328 g/mol. The molecule has 2 aromatic rings. The van der Waals surface area contributed by atoms with E-state index in [9.17, 15) is 13.6 Å². The highest BCUT2D eigenvalue weighted by Crippen LogP contribution is 2.19. The summed E-state index contributed by atoms with van der Waals surface area (Å²) in [6.07, 6.45) is 8.20. The maximum absolute atomic E-state index is 13.7. The van der Waals surface area contributed by atoms with Crippen LogP contribution in [0.1, 0.15) is 18.4 Å². The van der Waals surface area contributed by atoms with E-state index in [1.54, 1.807) is 6.20 Å². The Morgan fingerprint density at radius 3 is 2.68 bits per heavy atom. The second-order valence-electron chi connectivity index (χ2n) is 5.69. The van der Waals surface area contributed by atoms with Gasteiger partial charge in [-0.2, -0.15) is 0 Å². The Kier molecular flexibility index (Phi) is 4.87. The van der Waals surface area contributed by atoms with Crippen molar-refractivity contribution in [1.82, 2.24) is 15.0 Å². The standard InChI is InChI=1S/C17H17F2N5O/c18-14-2-1-3-15(19)13(14)10-24-11-17(21-22-24)23-8-6-12(7-9-23)4-5-16(20)25/h1-3,6-8,11H,4-5,9-10H2,(H2,20,25). The number of benzene rings is 1. The summed E-state index contributed by atoms with van der Waals surface area (Å²) < 4.78 is 28.8. The molecule has 1 amide bonds. The molecular formula is C17H17F2N5O. The van der Waals surface area contributed by atoms with Crippen molar-refractivity contribution in [3.8, 4) is 0 Å². The molecule has 6 nitrogen and oxygen atoms in total. The highest BCUT2D eigenvalue weighted by Gasteiger charge is 2.14. The van der Waals surface area contributed by atoms with Crippen LogP contribution >= 0.6 is 0 Å². The predicted octanol–water partition coefficient (Wildman–Crippen LogP) is 2.13. The van der Waals surface area contributed by atoms with E-state index in [4.69, 9.17) is 5.73 Å². The van der Waals surface area contributed by atoms with Gasteiger partial charge in [0.25, 0.3) is 0 Å². The number of allylic oxidation sites excluding steroid dienone is 2. The molecule has 1 aliphatic heterocycles. The first-order valence-corrected chi connectivity index (χ1v) is 7.78. The largest absolute Gasteiger partial charge is 0.370 e. The molecule has 8 heteroatoms. The fourth-order valence-electron chi connectivity index (χ4n) is 2.50. The molecule has 0 spiro atoms. The SMILES string of the molecule is NC(=O)CCC1=CCN(c2cn(Cc3c(F)cccc3F)nn2)C=C1. The van der Waals surface area contributed by atoms with E-state index in [2.05, 4.69) is 10.3 Å². The molecule has 2 N–H and O–H groups in total. The minimum atomic E-state index is -0.614. The van der Waals surface area contributed by atoms with E-state index in [0.29, 0.717) is 25.2 Å². The first-order valence-electron chi connectivity index (χ1n) is 7.78. The lowest BCUT2D eigenvalue weighted by atomic mass is 10.1. The summed E-state index contributed by atoms with van der Waals surface area (Å²) >= 11 is 0. The van der Waals surface area contributed by atoms with Gasteiger partial charge >= 0.3 is 0 Å². The van der Waals surface area contributed by atoms with Crippen LogP contribution in [0.2, 0.25) is 0 Å². The van der Waals surface area contributed by atoms with Gasteiger partial charge in [0.1, 0.15) is 11.6 Å². The maximum Gasteiger partial charge on any atom is 0.217 e. The third-order valence-electron chi connectivity index (χ3n) is 3.88. The minimum absolute atomic E-state index is 0.0389. The smallest absolute Gasteiger partial charge is 0.217 e. The summed E-state index contributed by atoms with van der Waals surface area (Å²) in [6.45, 7) is 0.528. The van der Waals surface area contributed by atoms with Crippen LogP contribution in [0, 0.1) is 11.6 Å². The number of hydrogen-bond acceptors (Lipinski definition) is 4. The molecule has 0 unspecified atom stereocenters. The topological polar surface area (TPSA) is 77.0 Å². The molecule has 1 aromatic carbocycles. The number of rotatable bonds is 6. The van der Waals surface area contributed by atoms with Crippen LogP contribution in [0.15, 0.2) is 48.3 Å². The number of amides is 1. The summed E-state index contributed by atoms with van der Waals surface area (Å²) in [7, 11) is 0. The van der Waals surface area contributed by atoms with Gasteiger partial charge < -0.3 is 10.6 Å². The molecule has 0 bridgehead atoms. The number of halogens is 2. The normalized spacial score (nSPS) is 13.8. The van der Waals surface area contributed by atoms with E-state index in [1.165, 1.54) is 22.9 Å². The Hall–Kier alpha value is -3.03. The van der Waals surface area contributed by atoms with Crippen LogP contribution in [0.3, 0.4) is 0 Å². The van der Waals surface area contributed by atoms with Crippen molar-refractivity contribution in [2.45, 2.75) is 19.4 Å². The third-order valence-corrected chi connectivity index (χ3v) is 3.88. The van der Waals surface area contributed by atoms with Crippen molar-refractivity contribution < 1.29 is 13.6 Å². The maximum atomic E-state index is 13.7. The second-order valence-corrected chi connectivity index (χ2v) is 5.69. The van der Waals surface area contributed by atoms with E-state index in [1.807, 2.05) is 23.3 Å². The second kappa shape index (κ2) is 7.25. The predicted molar refractivity (Wildman–Crippen MR) is 88.5 cm³/mol. The summed E-state index contributed by atoms with van der Waals surface area (Å²) in [6, 6.07) is 3.74. The molecule has 0 fully saturated rings. The number of anilines is 1. The molecule has 130 valence electrons. The van der Waals surface area contributed by atoms with E-state index >= 15 is 0 Å². The summed E-state index contributed by atoms with van der Waals surface area (Å²) in [5, 5.41) is 7.96. The number of nitrogens with zero attached hydrogens (tertiary/aromatic N) is 4. The zero-order valence-corrected chi connectivity index (χ0v) is 13.4. The van der Waals surface area contributed by atoms with Crippen LogP contribution in [-0.4, -0.2) is 27.4 Å². The molecule has 0 aliphatic carbocycles. The number of hydrogen-bond donors (Lipinski definition) is 1. The highest BCUT2D eigenvalue weighted by atomic mass is 19.1. The Bertz CT molecular complexity index is 823. The van der Waals surface area contributed by atoms with Crippen LogP contribution in [0.5, 0.6) is 0 Å². The zero-order valence-electron chi connectivity index (χ0n) is 13.4. The minimum Gasteiger partial charge on any atom is -0.370 e. The van der Waals surface area contributed by atoms with Gasteiger partial charge in [0.05, 0.1) is 12.7 Å². The van der Waals surface area contributed by atoms with Crippen molar-refractivity contribution in [2.75, 3.05) is 11.4 Å². The Morgan fingerprint density at radius 1 is 1.28 bits per heavy atom. The van der Waals surface area contributed by atoms with Gasteiger partial charge in [0.2, 0.25) is 5.91 Å². The molecule has 2 heterocycles. The molecule has 1 aromatic heterocycles. The lowest BCUT2D eigenvalue weighted by Crippen LogP contribution is -2.19. The fourth-order valence-corrected chi connectivity index (χ4v) is 2.50. The fraction of sp³-hybridized carbons (Fsp3) is 0.235. The molecule has 0 saturated carbocycles. The zero-order chi connectivity index (χ0) is 17.8. The van der Waals surface area contributed by atoms with Crippen LogP contribution in [0.25, 0.3) is 0 Å².